The summed E-state index contributed by atoms with van der Waals surface area (Å²) >= 11 is 0. The molecule has 0 bridgehead atoms. The number of nitrogens with zero attached hydrogens (tertiary/aromatic N) is 3. The predicted octanol–water partition coefficient (Wildman–Crippen LogP) is 2.97. The second-order valence-electron chi connectivity index (χ2n) is 5.65. The number of nitrogens with one attached hydrogen (secondary N) is 1. The van der Waals surface area contributed by atoms with Crippen molar-refractivity contribution in [3.63, 3.8) is 0 Å². The molecular weight excluding hydrogens is 248 g/mol. The lowest BCUT2D eigenvalue weighted by atomic mass is 9.84. The molecule has 4 heteroatoms. The van der Waals surface area contributed by atoms with Gasteiger partial charge >= 0.3 is 0 Å². The van der Waals surface area contributed by atoms with Crippen molar-refractivity contribution in [2.24, 2.45) is 7.05 Å². The van der Waals surface area contributed by atoms with Gasteiger partial charge in [-0.2, -0.15) is 5.10 Å². The van der Waals surface area contributed by atoms with E-state index >= 15 is 0 Å². The van der Waals surface area contributed by atoms with Crippen LogP contribution in [0.2, 0.25) is 0 Å². The van der Waals surface area contributed by atoms with Crippen LogP contribution in [0.1, 0.15) is 59.2 Å². The van der Waals surface area contributed by atoms with Gasteiger partial charge in [-0.15, -0.1) is 0 Å². The molecule has 0 aliphatic heterocycles. The van der Waals surface area contributed by atoms with Crippen LogP contribution in [0.25, 0.3) is 0 Å². The lowest BCUT2D eigenvalue weighted by Crippen LogP contribution is -2.54. The summed E-state index contributed by atoms with van der Waals surface area (Å²) in [6.45, 7) is 14.6. The first-order valence-electron chi connectivity index (χ1n) is 8.01. The highest BCUT2D eigenvalue weighted by Gasteiger charge is 2.38. The molecule has 1 aromatic rings. The van der Waals surface area contributed by atoms with Crippen LogP contribution in [0.15, 0.2) is 12.3 Å². The molecule has 0 saturated heterocycles. The highest BCUT2D eigenvalue weighted by atomic mass is 15.3. The van der Waals surface area contributed by atoms with E-state index in [1.165, 1.54) is 5.69 Å². The number of rotatable bonds is 9. The van der Waals surface area contributed by atoms with Gasteiger partial charge in [0.25, 0.3) is 0 Å². The second-order valence-corrected chi connectivity index (χ2v) is 5.65. The smallest absolute Gasteiger partial charge is 0.0676 e. The molecule has 1 heterocycles. The largest absolute Gasteiger partial charge is 0.307 e. The van der Waals surface area contributed by atoms with E-state index in [0.717, 1.165) is 32.5 Å². The third-order valence-corrected chi connectivity index (χ3v) is 4.58. The molecule has 2 atom stereocenters. The van der Waals surface area contributed by atoms with E-state index in [1.54, 1.807) is 0 Å². The minimum Gasteiger partial charge on any atom is -0.307 e. The highest BCUT2D eigenvalue weighted by Crippen LogP contribution is 2.34. The summed E-state index contributed by atoms with van der Waals surface area (Å²) in [5.41, 5.74) is 1.38. The van der Waals surface area contributed by atoms with Gasteiger partial charge in [0.05, 0.1) is 11.7 Å². The van der Waals surface area contributed by atoms with Gasteiger partial charge in [0.2, 0.25) is 0 Å². The van der Waals surface area contributed by atoms with Gasteiger partial charge in [-0.05, 0) is 45.5 Å². The van der Waals surface area contributed by atoms with Gasteiger partial charge in [-0.1, -0.05) is 27.7 Å². The lowest BCUT2D eigenvalue weighted by Gasteiger charge is -2.46. The van der Waals surface area contributed by atoms with Crippen molar-refractivity contribution in [2.75, 3.05) is 19.6 Å². The monoisotopic (exact) mass is 280 g/mol. The molecule has 116 valence electrons. The topological polar surface area (TPSA) is 33.1 Å². The normalized spacial score (nSPS) is 16.4. The van der Waals surface area contributed by atoms with Crippen LogP contribution < -0.4 is 5.32 Å². The summed E-state index contributed by atoms with van der Waals surface area (Å²) in [4.78, 5) is 2.56. The van der Waals surface area contributed by atoms with Crippen LogP contribution >= 0.6 is 0 Å². The molecule has 4 nitrogen and oxygen atoms in total. The molecule has 0 aliphatic rings. The molecule has 1 N–H and O–H groups in total. The fourth-order valence-corrected chi connectivity index (χ4v) is 3.16. The SMILES string of the molecule is CCCNC(c1ccnn1C)C(C)(CC)N(CC)CC. The van der Waals surface area contributed by atoms with Crippen LogP contribution in [0.4, 0.5) is 0 Å². The predicted molar refractivity (Wildman–Crippen MR) is 85.9 cm³/mol. The van der Waals surface area contributed by atoms with Crippen molar-refractivity contribution in [3.05, 3.63) is 18.0 Å². The van der Waals surface area contributed by atoms with E-state index in [4.69, 9.17) is 0 Å². The van der Waals surface area contributed by atoms with Gasteiger partial charge < -0.3 is 5.32 Å². The second kappa shape index (κ2) is 7.79. The molecule has 0 fully saturated rings. The molecule has 20 heavy (non-hydrogen) atoms. The Morgan fingerprint density at radius 2 is 1.95 bits per heavy atom. The zero-order valence-corrected chi connectivity index (χ0v) is 14.1. The van der Waals surface area contributed by atoms with Crippen molar-refractivity contribution >= 4 is 0 Å². The zero-order chi connectivity index (χ0) is 15.2. The first-order valence-corrected chi connectivity index (χ1v) is 8.01. The van der Waals surface area contributed by atoms with Crippen molar-refractivity contribution in [1.29, 1.82) is 0 Å². The summed E-state index contributed by atoms with van der Waals surface area (Å²) in [7, 11) is 2.04. The minimum absolute atomic E-state index is 0.104. The first kappa shape index (κ1) is 17.2. The molecule has 1 rings (SSSR count). The Labute approximate surface area is 124 Å². The van der Waals surface area contributed by atoms with E-state index in [-0.39, 0.29) is 5.54 Å². The van der Waals surface area contributed by atoms with Crippen molar-refractivity contribution in [1.82, 2.24) is 20.0 Å². The van der Waals surface area contributed by atoms with Crippen molar-refractivity contribution in [2.45, 2.75) is 59.0 Å². The Hall–Kier alpha value is -0.870. The fraction of sp³-hybridized carbons (Fsp3) is 0.812. The fourth-order valence-electron chi connectivity index (χ4n) is 3.16. The van der Waals surface area contributed by atoms with E-state index in [0.29, 0.717) is 6.04 Å². The molecule has 1 aromatic heterocycles. The quantitative estimate of drug-likeness (QED) is 0.755. The van der Waals surface area contributed by atoms with E-state index in [1.807, 2.05) is 17.9 Å². The van der Waals surface area contributed by atoms with Gasteiger partial charge in [0.15, 0.2) is 0 Å². The third kappa shape index (κ3) is 3.41. The number of hydrogen-bond donors (Lipinski definition) is 1. The van der Waals surface area contributed by atoms with Crippen LogP contribution in [0.3, 0.4) is 0 Å². The van der Waals surface area contributed by atoms with Crippen molar-refractivity contribution in [3.8, 4) is 0 Å². The Morgan fingerprint density at radius 3 is 2.35 bits per heavy atom. The molecule has 0 saturated carbocycles. The highest BCUT2D eigenvalue weighted by molar-refractivity contribution is 5.14. The van der Waals surface area contributed by atoms with Crippen LogP contribution in [-0.2, 0) is 7.05 Å². The molecular formula is C16H32N4. The number of likely N-dealkylation sites (N-methyl/N-ethyl adjacent to an activating group) is 1. The third-order valence-electron chi connectivity index (χ3n) is 4.58. The first-order chi connectivity index (χ1) is 9.54. The lowest BCUT2D eigenvalue weighted by molar-refractivity contribution is 0.0668. The maximum absolute atomic E-state index is 4.36. The summed E-state index contributed by atoms with van der Waals surface area (Å²) in [5.74, 6) is 0. The van der Waals surface area contributed by atoms with Gasteiger partial charge in [-0.3, -0.25) is 9.58 Å². The van der Waals surface area contributed by atoms with Gasteiger partial charge in [-0.25, -0.2) is 0 Å². The molecule has 0 amide bonds. The number of hydrogen-bond acceptors (Lipinski definition) is 3. The average Bonchev–Trinajstić information content (AvgIpc) is 2.86. The molecule has 0 radical (unpaired) electrons. The summed E-state index contributed by atoms with van der Waals surface area (Å²) in [6.07, 6.45) is 4.15. The maximum atomic E-state index is 4.36. The zero-order valence-electron chi connectivity index (χ0n) is 14.1. The molecule has 2 unspecified atom stereocenters. The molecule has 0 spiro atoms. The minimum atomic E-state index is 0.104. The van der Waals surface area contributed by atoms with E-state index in [9.17, 15) is 0 Å². The van der Waals surface area contributed by atoms with Gasteiger partial charge in [0.1, 0.15) is 0 Å². The summed E-state index contributed by atoms with van der Waals surface area (Å²) < 4.78 is 2.00. The van der Waals surface area contributed by atoms with E-state index < -0.39 is 0 Å². The molecule has 0 aromatic carbocycles. The summed E-state index contributed by atoms with van der Waals surface area (Å²) in [6, 6.07) is 2.45. The Bertz CT molecular complexity index is 384. The van der Waals surface area contributed by atoms with Crippen LogP contribution in [0, 0.1) is 0 Å². The summed E-state index contributed by atoms with van der Waals surface area (Å²) in [5, 5.41) is 8.11. The van der Waals surface area contributed by atoms with E-state index in [2.05, 4.69) is 56.0 Å². The van der Waals surface area contributed by atoms with Gasteiger partial charge in [0, 0.05) is 18.8 Å². The average molecular weight is 280 g/mol. The molecule has 0 aliphatic carbocycles. The Kier molecular flexibility index (Phi) is 6.69. The van der Waals surface area contributed by atoms with Crippen molar-refractivity contribution < 1.29 is 0 Å². The Morgan fingerprint density at radius 1 is 1.30 bits per heavy atom. The number of aryl methyl sites for hydroxylation is 1. The standard InChI is InChI=1S/C16H32N4/c1-7-12-17-15(14-11-13-18-19(14)6)16(5,8-2)20(9-3)10-4/h11,13,15,17H,7-10,12H2,1-6H3. The maximum Gasteiger partial charge on any atom is 0.0676 e. The number of aromatic nitrogens is 2. The van der Waals surface area contributed by atoms with Crippen LogP contribution in [0.5, 0.6) is 0 Å². The Balaban J connectivity index is 3.16. The van der Waals surface area contributed by atoms with Crippen LogP contribution in [-0.4, -0.2) is 39.9 Å².